The molecule has 0 fully saturated rings. The third-order valence-electron chi connectivity index (χ3n) is 5.38. The quantitative estimate of drug-likeness (QED) is 0.863. The fourth-order valence-corrected chi connectivity index (χ4v) is 4.21. The minimum atomic E-state index is -0.706. The number of fused-ring (bicyclic) bond motifs is 3. The first-order valence-electron chi connectivity index (χ1n) is 7.71. The maximum absolute atomic E-state index is 11.1. The zero-order valence-electron chi connectivity index (χ0n) is 12.3. The summed E-state index contributed by atoms with van der Waals surface area (Å²) in [5.74, 6) is 0. The van der Waals surface area contributed by atoms with Crippen LogP contribution < -0.4 is 0 Å². The minimum Gasteiger partial charge on any atom is -0.371 e. The zero-order valence-corrected chi connectivity index (χ0v) is 12.3. The van der Waals surface area contributed by atoms with Crippen molar-refractivity contribution >= 4 is 10.9 Å². The molecule has 1 aromatic heterocycles. The van der Waals surface area contributed by atoms with E-state index >= 15 is 0 Å². The van der Waals surface area contributed by atoms with Gasteiger partial charge in [-0.3, -0.25) is 4.90 Å². The van der Waals surface area contributed by atoms with Gasteiger partial charge in [-0.2, -0.15) is 0 Å². The van der Waals surface area contributed by atoms with Crippen LogP contribution in [0, 0.1) is 0 Å². The molecular formula is C17H22N2O. The van der Waals surface area contributed by atoms with Crippen molar-refractivity contribution in [1.29, 1.82) is 0 Å². The topological polar surface area (TPSA) is 28.4 Å². The predicted molar refractivity (Wildman–Crippen MR) is 80.7 cm³/mol. The summed E-state index contributed by atoms with van der Waals surface area (Å²) in [6, 6.07) is 9.05. The Morgan fingerprint density at radius 3 is 2.95 bits per heavy atom. The molecule has 2 aromatic rings. The number of aliphatic hydroxyl groups is 1. The molecule has 2 aliphatic rings. The average molecular weight is 270 g/mol. The Hall–Kier alpha value is -1.32. The van der Waals surface area contributed by atoms with Crippen LogP contribution in [0.3, 0.4) is 0 Å². The highest BCUT2D eigenvalue weighted by atomic mass is 16.3. The molecule has 0 spiro atoms. The minimum absolute atomic E-state index is 0.470. The lowest BCUT2D eigenvalue weighted by molar-refractivity contribution is -0.0716. The zero-order chi connectivity index (χ0) is 13.9. The van der Waals surface area contributed by atoms with Crippen molar-refractivity contribution in [3.8, 4) is 0 Å². The summed E-state index contributed by atoms with van der Waals surface area (Å²) in [6.07, 6.45) is 3.78. The Morgan fingerprint density at radius 2 is 2.15 bits per heavy atom. The number of benzene rings is 1. The van der Waals surface area contributed by atoms with E-state index in [4.69, 9.17) is 0 Å². The van der Waals surface area contributed by atoms with E-state index in [-0.39, 0.29) is 0 Å². The second-order valence-electron chi connectivity index (χ2n) is 6.34. The van der Waals surface area contributed by atoms with Gasteiger partial charge in [0.05, 0.1) is 11.6 Å². The van der Waals surface area contributed by atoms with Crippen molar-refractivity contribution in [3.63, 3.8) is 0 Å². The first kappa shape index (κ1) is 12.4. The van der Waals surface area contributed by atoms with Crippen LogP contribution in [-0.2, 0) is 12.1 Å². The fraction of sp³-hybridized carbons (Fsp3) is 0.529. The lowest BCUT2D eigenvalue weighted by Gasteiger charge is -2.44. The Balaban J connectivity index is 2.10. The standard InChI is InChI=1S/C17H22N2O/c1-3-17(20)10-8-15-16-13(9-11-18(15)2)12-6-4-5-7-14(12)19(16)17/h4-7,15,20H,3,8-11H2,1-2H3. The molecule has 0 radical (unpaired) electrons. The van der Waals surface area contributed by atoms with E-state index in [0.717, 1.165) is 32.2 Å². The van der Waals surface area contributed by atoms with Crippen LogP contribution in [-0.4, -0.2) is 28.2 Å². The summed E-state index contributed by atoms with van der Waals surface area (Å²) in [5.41, 5.74) is 3.34. The van der Waals surface area contributed by atoms with Gasteiger partial charge in [0.2, 0.25) is 0 Å². The molecule has 3 heteroatoms. The van der Waals surface area contributed by atoms with Gasteiger partial charge in [-0.05, 0) is 44.4 Å². The van der Waals surface area contributed by atoms with E-state index in [1.54, 1.807) is 0 Å². The van der Waals surface area contributed by atoms with Crippen LogP contribution in [0.1, 0.15) is 43.5 Å². The molecule has 3 heterocycles. The smallest absolute Gasteiger partial charge is 0.141 e. The number of rotatable bonds is 1. The van der Waals surface area contributed by atoms with E-state index in [9.17, 15) is 5.11 Å². The SMILES string of the molecule is CCC1(O)CCC2c3c(c4ccccc4n31)CCN2C. The Bertz CT molecular complexity index is 675. The maximum atomic E-state index is 11.1. The second kappa shape index (κ2) is 4.09. The summed E-state index contributed by atoms with van der Waals surface area (Å²) < 4.78 is 2.25. The number of aromatic nitrogens is 1. The van der Waals surface area contributed by atoms with Crippen molar-refractivity contribution < 1.29 is 5.11 Å². The van der Waals surface area contributed by atoms with Gasteiger partial charge in [-0.25, -0.2) is 0 Å². The van der Waals surface area contributed by atoms with E-state index < -0.39 is 5.72 Å². The van der Waals surface area contributed by atoms with Crippen LogP contribution in [0.2, 0.25) is 0 Å². The molecule has 1 aromatic carbocycles. The fourth-order valence-electron chi connectivity index (χ4n) is 4.21. The highest BCUT2D eigenvalue weighted by molar-refractivity contribution is 5.86. The molecule has 0 amide bonds. The second-order valence-corrected chi connectivity index (χ2v) is 6.34. The summed E-state index contributed by atoms with van der Waals surface area (Å²) in [7, 11) is 2.21. The lowest BCUT2D eigenvalue weighted by Crippen LogP contribution is -2.44. The Kier molecular flexibility index (Phi) is 2.54. The first-order valence-corrected chi connectivity index (χ1v) is 7.71. The van der Waals surface area contributed by atoms with Gasteiger partial charge in [0.15, 0.2) is 0 Å². The van der Waals surface area contributed by atoms with Gasteiger partial charge in [0.1, 0.15) is 5.72 Å². The Morgan fingerprint density at radius 1 is 1.35 bits per heavy atom. The molecule has 2 atom stereocenters. The average Bonchev–Trinajstić information content (AvgIpc) is 2.81. The molecule has 0 saturated heterocycles. The molecule has 4 rings (SSSR count). The van der Waals surface area contributed by atoms with E-state index in [1.807, 2.05) is 0 Å². The molecule has 2 unspecified atom stereocenters. The third-order valence-corrected chi connectivity index (χ3v) is 5.38. The van der Waals surface area contributed by atoms with Crippen LogP contribution in [0.25, 0.3) is 10.9 Å². The summed E-state index contributed by atoms with van der Waals surface area (Å²) in [6.45, 7) is 3.21. The van der Waals surface area contributed by atoms with Crippen LogP contribution in [0.5, 0.6) is 0 Å². The molecule has 0 bridgehead atoms. The summed E-state index contributed by atoms with van der Waals surface area (Å²) >= 11 is 0. The van der Waals surface area contributed by atoms with Gasteiger partial charge >= 0.3 is 0 Å². The van der Waals surface area contributed by atoms with Crippen molar-refractivity contribution in [2.24, 2.45) is 0 Å². The van der Waals surface area contributed by atoms with Gasteiger partial charge in [-0.1, -0.05) is 25.1 Å². The lowest BCUT2D eigenvalue weighted by atomic mass is 9.88. The van der Waals surface area contributed by atoms with Gasteiger partial charge in [0.25, 0.3) is 0 Å². The van der Waals surface area contributed by atoms with Crippen molar-refractivity contribution in [2.45, 2.75) is 44.4 Å². The van der Waals surface area contributed by atoms with Gasteiger partial charge in [0, 0.05) is 17.6 Å². The molecular weight excluding hydrogens is 248 g/mol. The maximum Gasteiger partial charge on any atom is 0.141 e. The molecule has 0 aliphatic carbocycles. The van der Waals surface area contributed by atoms with Gasteiger partial charge < -0.3 is 9.67 Å². The molecule has 0 saturated carbocycles. The van der Waals surface area contributed by atoms with Crippen molar-refractivity contribution in [3.05, 3.63) is 35.5 Å². The highest BCUT2D eigenvalue weighted by Crippen LogP contribution is 2.47. The van der Waals surface area contributed by atoms with Crippen LogP contribution in [0.4, 0.5) is 0 Å². The van der Waals surface area contributed by atoms with E-state index in [0.29, 0.717) is 6.04 Å². The largest absolute Gasteiger partial charge is 0.371 e. The summed E-state index contributed by atoms with van der Waals surface area (Å²) in [5, 5.41) is 12.5. The molecule has 106 valence electrons. The number of hydrogen-bond acceptors (Lipinski definition) is 2. The molecule has 2 aliphatic heterocycles. The van der Waals surface area contributed by atoms with Crippen LogP contribution in [0.15, 0.2) is 24.3 Å². The number of likely N-dealkylation sites (N-methyl/N-ethyl adjacent to an activating group) is 1. The first-order chi connectivity index (χ1) is 9.65. The Labute approximate surface area is 119 Å². The highest BCUT2D eigenvalue weighted by Gasteiger charge is 2.42. The molecule has 3 nitrogen and oxygen atoms in total. The van der Waals surface area contributed by atoms with Crippen LogP contribution >= 0.6 is 0 Å². The van der Waals surface area contributed by atoms with Crippen molar-refractivity contribution in [2.75, 3.05) is 13.6 Å². The summed E-state index contributed by atoms with van der Waals surface area (Å²) in [4.78, 5) is 2.45. The van der Waals surface area contributed by atoms with E-state index in [2.05, 4.69) is 47.7 Å². The normalized spacial score (nSPS) is 29.6. The van der Waals surface area contributed by atoms with E-state index in [1.165, 1.54) is 22.2 Å². The number of nitrogens with zero attached hydrogens (tertiary/aromatic N) is 2. The molecule has 1 N–H and O–H groups in total. The number of hydrogen-bond donors (Lipinski definition) is 1. The third kappa shape index (κ3) is 1.42. The monoisotopic (exact) mass is 270 g/mol. The van der Waals surface area contributed by atoms with Crippen molar-refractivity contribution in [1.82, 2.24) is 9.47 Å². The number of para-hydroxylation sites is 1. The predicted octanol–water partition coefficient (Wildman–Crippen LogP) is 3.02. The molecule has 20 heavy (non-hydrogen) atoms. The van der Waals surface area contributed by atoms with Gasteiger partial charge in [-0.15, -0.1) is 0 Å².